The zero-order valence-electron chi connectivity index (χ0n) is 18.5. The Hall–Kier alpha value is -3.45. The zero-order valence-corrected chi connectivity index (χ0v) is 19.3. The molecule has 3 aromatic rings. The molecule has 0 aliphatic carbocycles. The van der Waals surface area contributed by atoms with Gasteiger partial charge in [0.1, 0.15) is 4.66 Å². The third kappa shape index (κ3) is 5.42. The number of aryl methyl sites for hydroxylation is 2. The van der Waals surface area contributed by atoms with E-state index < -0.39 is 11.9 Å². The first kappa shape index (κ1) is 23.2. The molecule has 7 heteroatoms. The predicted molar refractivity (Wildman–Crippen MR) is 125 cm³/mol. The van der Waals surface area contributed by atoms with Gasteiger partial charge in [-0.25, -0.2) is 9.59 Å². The zero-order chi connectivity index (χ0) is 23.3. The largest absolute Gasteiger partial charge is 0.465 e. The van der Waals surface area contributed by atoms with Crippen LogP contribution in [-0.2, 0) is 20.8 Å². The van der Waals surface area contributed by atoms with Crippen LogP contribution in [0.25, 0.3) is 12.2 Å². The number of methoxy groups -OCH3 is 1. The number of aromatic nitrogens is 1. The molecule has 0 bridgehead atoms. The highest BCUT2D eigenvalue weighted by atomic mass is 32.1. The first-order chi connectivity index (χ1) is 15.3. The summed E-state index contributed by atoms with van der Waals surface area (Å²) in [5.41, 5.74) is 4.22. The highest BCUT2D eigenvalue weighted by molar-refractivity contribution is 7.07. The Morgan fingerprint density at radius 1 is 1.09 bits per heavy atom. The van der Waals surface area contributed by atoms with E-state index in [4.69, 9.17) is 9.47 Å². The summed E-state index contributed by atoms with van der Waals surface area (Å²) in [4.78, 5) is 37.0. The van der Waals surface area contributed by atoms with Crippen molar-refractivity contribution in [1.29, 1.82) is 0 Å². The van der Waals surface area contributed by atoms with Crippen LogP contribution in [0, 0.1) is 13.8 Å². The van der Waals surface area contributed by atoms with Crippen LogP contribution in [0.15, 0.2) is 47.3 Å². The number of esters is 2. The molecule has 0 saturated carbocycles. The maximum atomic E-state index is 13.2. The lowest BCUT2D eigenvalue weighted by molar-refractivity contribution is -0.135. The van der Waals surface area contributed by atoms with Gasteiger partial charge < -0.3 is 9.47 Å². The van der Waals surface area contributed by atoms with E-state index in [9.17, 15) is 14.4 Å². The molecule has 0 N–H and O–H groups in total. The average Bonchev–Trinajstić information content (AvgIpc) is 3.04. The highest BCUT2D eigenvalue weighted by Gasteiger charge is 2.10. The molecule has 32 heavy (non-hydrogen) atoms. The van der Waals surface area contributed by atoms with Crippen LogP contribution in [-0.4, -0.2) is 30.2 Å². The molecule has 1 heterocycles. The normalized spacial score (nSPS) is 12.1. The molecule has 0 fully saturated rings. The maximum absolute atomic E-state index is 13.2. The van der Waals surface area contributed by atoms with Gasteiger partial charge in [-0.3, -0.25) is 9.36 Å². The molecule has 1 aromatic heterocycles. The molecule has 0 unspecified atom stereocenters. The van der Waals surface area contributed by atoms with Gasteiger partial charge in [-0.15, -0.1) is 11.3 Å². The molecule has 0 aliphatic rings. The number of hydrogen-bond acceptors (Lipinski definition) is 6. The van der Waals surface area contributed by atoms with Gasteiger partial charge in [0.15, 0.2) is 0 Å². The quantitative estimate of drug-likeness (QED) is 0.539. The molecule has 0 atom stereocenters. The van der Waals surface area contributed by atoms with Gasteiger partial charge >= 0.3 is 11.9 Å². The fraction of sp³-hybridized carbons (Fsp3) is 0.240. The van der Waals surface area contributed by atoms with Crippen molar-refractivity contribution >= 4 is 35.4 Å². The van der Waals surface area contributed by atoms with E-state index in [1.54, 1.807) is 35.8 Å². The molecule has 3 rings (SSSR count). The Morgan fingerprint density at radius 2 is 1.81 bits per heavy atom. The summed E-state index contributed by atoms with van der Waals surface area (Å²) in [5, 5.41) is 0. The molecule has 0 amide bonds. The van der Waals surface area contributed by atoms with Crippen molar-refractivity contribution in [3.63, 3.8) is 0 Å². The van der Waals surface area contributed by atoms with Crippen LogP contribution in [0.2, 0.25) is 0 Å². The second-order valence-corrected chi connectivity index (χ2v) is 8.35. The van der Waals surface area contributed by atoms with Crippen LogP contribution < -0.4 is 14.8 Å². The van der Waals surface area contributed by atoms with E-state index in [0.717, 1.165) is 22.3 Å². The van der Waals surface area contributed by atoms with Crippen LogP contribution >= 0.6 is 11.3 Å². The van der Waals surface area contributed by atoms with Crippen LogP contribution in [0.4, 0.5) is 0 Å². The van der Waals surface area contributed by atoms with Crippen molar-refractivity contribution in [2.75, 3.05) is 13.7 Å². The number of ether oxygens (including phenoxy) is 2. The molecule has 0 aliphatic heterocycles. The van der Waals surface area contributed by atoms with E-state index in [1.807, 2.05) is 32.1 Å². The molecule has 0 spiro atoms. The number of carbonyl (C=O) groups is 2. The Bertz CT molecular complexity index is 1320. The number of nitrogens with zero attached hydrogens (tertiary/aromatic N) is 1. The first-order valence-electron chi connectivity index (χ1n) is 10.2. The Labute approximate surface area is 190 Å². The maximum Gasteiger partial charge on any atom is 0.337 e. The van der Waals surface area contributed by atoms with Gasteiger partial charge in [0.25, 0.3) is 5.56 Å². The van der Waals surface area contributed by atoms with Gasteiger partial charge in [0.05, 0.1) is 36.4 Å². The number of rotatable bonds is 6. The van der Waals surface area contributed by atoms with Gasteiger partial charge in [-0.1, -0.05) is 35.9 Å². The number of hydrogen-bond donors (Lipinski definition) is 0. The molecular formula is C25H25NO5S. The van der Waals surface area contributed by atoms with Gasteiger partial charge in [-0.05, 0) is 55.7 Å². The van der Waals surface area contributed by atoms with Crippen molar-refractivity contribution in [3.8, 4) is 0 Å². The smallest absolute Gasteiger partial charge is 0.337 e. The van der Waals surface area contributed by atoms with Gasteiger partial charge in [0, 0.05) is 0 Å². The van der Waals surface area contributed by atoms with Crippen molar-refractivity contribution < 1.29 is 19.1 Å². The number of thiazole rings is 1. The van der Waals surface area contributed by atoms with E-state index in [-0.39, 0.29) is 18.7 Å². The summed E-state index contributed by atoms with van der Waals surface area (Å²) in [7, 11) is 1.33. The number of carbonyl (C=O) groups excluding carboxylic acids is 2. The summed E-state index contributed by atoms with van der Waals surface area (Å²) >= 11 is 1.24. The van der Waals surface area contributed by atoms with E-state index in [0.29, 0.717) is 14.8 Å². The predicted octanol–water partition coefficient (Wildman–Crippen LogP) is 2.53. The summed E-state index contributed by atoms with van der Waals surface area (Å²) in [6, 6.07) is 12.9. The van der Waals surface area contributed by atoms with Crippen molar-refractivity contribution in [2.24, 2.45) is 0 Å². The minimum atomic E-state index is -0.499. The Kier molecular flexibility index (Phi) is 7.43. The molecule has 0 saturated heterocycles. The second-order valence-electron chi connectivity index (χ2n) is 7.29. The summed E-state index contributed by atoms with van der Waals surface area (Å²) in [6.45, 7) is 6.26. The van der Waals surface area contributed by atoms with Crippen molar-refractivity contribution in [1.82, 2.24) is 4.57 Å². The molecular weight excluding hydrogens is 426 g/mol. The lowest BCUT2D eigenvalue weighted by Gasteiger charge is -2.05. The molecule has 2 aromatic carbocycles. The summed E-state index contributed by atoms with van der Waals surface area (Å²) in [5.74, 6) is -0.924. The summed E-state index contributed by atoms with van der Waals surface area (Å²) in [6.07, 6.45) is 3.19. The minimum Gasteiger partial charge on any atom is -0.465 e. The standard InChI is InChI=1S/C25H25NO5S/c1-5-31-23(27)14-22-26(15-18-7-10-19(11-8-18)25(29)30-4)24(28)21(32-22)13-20-9-6-16(2)12-17(20)3/h6-14H,5,15H2,1-4H3. The van der Waals surface area contributed by atoms with Crippen LogP contribution in [0.3, 0.4) is 0 Å². The fourth-order valence-electron chi connectivity index (χ4n) is 3.25. The molecule has 0 radical (unpaired) electrons. The summed E-state index contributed by atoms with van der Waals surface area (Å²) < 4.78 is 12.3. The Morgan fingerprint density at radius 3 is 2.44 bits per heavy atom. The average molecular weight is 452 g/mol. The van der Waals surface area contributed by atoms with E-state index in [1.165, 1.54) is 24.5 Å². The monoisotopic (exact) mass is 451 g/mol. The number of benzene rings is 2. The lowest BCUT2D eigenvalue weighted by Crippen LogP contribution is -2.32. The SMILES string of the molecule is CCOC(=O)C=c1sc(=Cc2ccc(C)cc2C)c(=O)n1Cc1ccc(C(=O)OC)cc1. The van der Waals surface area contributed by atoms with Gasteiger partial charge in [-0.2, -0.15) is 0 Å². The Balaban J connectivity index is 2.09. The third-order valence-electron chi connectivity index (χ3n) is 4.89. The second kappa shape index (κ2) is 10.2. The fourth-order valence-corrected chi connectivity index (χ4v) is 4.27. The van der Waals surface area contributed by atoms with Crippen molar-refractivity contribution in [3.05, 3.63) is 89.8 Å². The third-order valence-corrected chi connectivity index (χ3v) is 5.95. The van der Waals surface area contributed by atoms with Crippen LogP contribution in [0.1, 0.15) is 39.5 Å². The minimum absolute atomic E-state index is 0.192. The van der Waals surface area contributed by atoms with Crippen LogP contribution in [0.5, 0.6) is 0 Å². The van der Waals surface area contributed by atoms with Crippen molar-refractivity contribution in [2.45, 2.75) is 27.3 Å². The topological polar surface area (TPSA) is 74.6 Å². The first-order valence-corrected chi connectivity index (χ1v) is 11.0. The van der Waals surface area contributed by atoms with E-state index in [2.05, 4.69) is 6.07 Å². The van der Waals surface area contributed by atoms with Gasteiger partial charge in [0.2, 0.25) is 0 Å². The lowest BCUT2D eigenvalue weighted by atomic mass is 10.1. The molecule has 6 nitrogen and oxygen atoms in total. The van der Waals surface area contributed by atoms with E-state index >= 15 is 0 Å². The highest BCUT2D eigenvalue weighted by Crippen LogP contribution is 2.11. The molecule has 166 valence electrons.